The monoisotopic (exact) mass is 318 g/mol. The molecule has 0 aliphatic carbocycles. The van der Waals surface area contributed by atoms with Crippen molar-refractivity contribution in [3.8, 4) is 0 Å². The van der Waals surface area contributed by atoms with E-state index >= 15 is 0 Å². The lowest BCUT2D eigenvalue weighted by atomic mass is 9.98. The average Bonchev–Trinajstić information content (AvgIpc) is 2.75. The summed E-state index contributed by atoms with van der Waals surface area (Å²) in [5.41, 5.74) is -0.00386. The Morgan fingerprint density at radius 2 is 2.05 bits per heavy atom. The molecule has 0 amide bonds. The van der Waals surface area contributed by atoms with Gasteiger partial charge in [0.25, 0.3) is 0 Å². The van der Waals surface area contributed by atoms with Crippen LogP contribution in [0.3, 0.4) is 0 Å². The van der Waals surface area contributed by atoms with Gasteiger partial charge in [-0.1, -0.05) is 32.1 Å². The van der Waals surface area contributed by atoms with Gasteiger partial charge in [0.2, 0.25) is 15.2 Å². The van der Waals surface area contributed by atoms with Gasteiger partial charge < -0.3 is 4.90 Å². The van der Waals surface area contributed by atoms with E-state index in [-0.39, 0.29) is 11.5 Å². The maximum Gasteiger partial charge on any atom is 0.209 e. The molecule has 2 heterocycles. The summed E-state index contributed by atoms with van der Waals surface area (Å²) in [6.45, 7) is 7.90. The Balaban J connectivity index is 2.07. The highest BCUT2D eigenvalue weighted by Crippen LogP contribution is 2.31. The molecule has 0 spiro atoms. The number of nitrogens with zero attached hydrogens (tertiary/aromatic N) is 3. The Hall–Kier alpha value is -0.730. The van der Waals surface area contributed by atoms with E-state index in [1.165, 1.54) is 6.26 Å². The molecule has 20 heavy (non-hydrogen) atoms. The molecule has 1 saturated heterocycles. The molecule has 6 nitrogen and oxygen atoms in total. The largest absolute Gasteiger partial charge is 0.345 e. The van der Waals surface area contributed by atoms with Crippen LogP contribution >= 0.6 is 11.3 Å². The van der Waals surface area contributed by atoms with Crippen molar-refractivity contribution in [2.45, 2.75) is 45.1 Å². The van der Waals surface area contributed by atoms with Crippen LogP contribution < -0.4 is 9.62 Å². The minimum atomic E-state index is -3.16. The summed E-state index contributed by atoms with van der Waals surface area (Å²) in [6, 6.07) is -0.0410. The summed E-state index contributed by atoms with van der Waals surface area (Å²) in [7, 11) is -3.16. The molecule has 1 aromatic rings. The molecule has 1 N–H and O–H groups in total. The van der Waals surface area contributed by atoms with Crippen LogP contribution in [0.4, 0.5) is 5.13 Å². The van der Waals surface area contributed by atoms with Crippen molar-refractivity contribution >= 4 is 26.5 Å². The van der Waals surface area contributed by atoms with Crippen molar-refractivity contribution in [3.05, 3.63) is 5.01 Å². The van der Waals surface area contributed by atoms with Gasteiger partial charge in [0.15, 0.2) is 0 Å². The van der Waals surface area contributed by atoms with Crippen LogP contribution in [0, 0.1) is 0 Å². The Morgan fingerprint density at radius 1 is 1.35 bits per heavy atom. The van der Waals surface area contributed by atoms with Gasteiger partial charge in [0.1, 0.15) is 5.01 Å². The molecule has 1 aromatic heterocycles. The van der Waals surface area contributed by atoms with Gasteiger partial charge in [-0.15, -0.1) is 10.2 Å². The van der Waals surface area contributed by atoms with E-state index in [0.29, 0.717) is 6.54 Å². The van der Waals surface area contributed by atoms with Crippen molar-refractivity contribution in [2.75, 3.05) is 24.2 Å². The molecule has 0 aromatic carbocycles. The number of sulfonamides is 1. The van der Waals surface area contributed by atoms with Crippen LogP contribution in [0.25, 0.3) is 0 Å². The lowest BCUT2D eigenvalue weighted by Crippen LogP contribution is -2.47. The zero-order chi connectivity index (χ0) is 15.0. The molecule has 1 atom stereocenters. The van der Waals surface area contributed by atoms with Crippen LogP contribution in [0.1, 0.15) is 38.6 Å². The number of aromatic nitrogens is 2. The predicted molar refractivity (Wildman–Crippen MR) is 81.8 cm³/mol. The SMILES string of the molecule is CC(C)(C)c1nnc(N2CCC[C@H](NS(C)(=O)=O)C2)s1. The third kappa shape index (κ3) is 4.13. The fraction of sp³-hybridized carbons (Fsp3) is 0.833. The van der Waals surface area contributed by atoms with Gasteiger partial charge in [-0.2, -0.15) is 0 Å². The van der Waals surface area contributed by atoms with Gasteiger partial charge in [0, 0.05) is 24.5 Å². The lowest BCUT2D eigenvalue weighted by Gasteiger charge is -2.32. The normalized spacial score (nSPS) is 21.2. The molecule has 114 valence electrons. The molecule has 0 saturated carbocycles. The standard InChI is InChI=1S/C12H22N4O2S2/c1-12(2,3)10-13-14-11(19-10)16-7-5-6-9(8-16)15-20(4,17)18/h9,15H,5-8H2,1-4H3/t9-/m0/s1. The average molecular weight is 318 g/mol. The maximum atomic E-state index is 11.3. The first-order chi connectivity index (χ1) is 9.15. The first-order valence-corrected chi connectivity index (χ1v) is 9.42. The molecule has 1 aliphatic heterocycles. The first kappa shape index (κ1) is 15.7. The fourth-order valence-corrected chi connectivity index (χ4v) is 3.93. The molecule has 0 bridgehead atoms. The second kappa shape index (κ2) is 5.57. The number of nitrogens with one attached hydrogen (secondary N) is 1. The lowest BCUT2D eigenvalue weighted by molar-refractivity contribution is 0.466. The summed E-state index contributed by atoms with van der Waals surface area (Å²) < 4.78 is 25.3. The van der Waals surface area contributed by atoms with Gasteiger partial charge in [0.05, 0.1) is 6.26 Å². The number of rotatable bonds is 3. The van der Waals surface area contributed by atoms with E-state index in [1.807, 2.05) is 0 Å². The minimum Gasteiger partial charge on any atom is -0.345 e. The highest BCUT2D eigenvalue weighted by atomic mass is 32.2. The number of anilines is 1. The first-order valence-electron chi connectivity index (χ1n) is 6.71. The highest BCUT2D eigenvalue weighted by Gasteiger charge is 2.26. The highest BCUT2D eigenvalue weighted by molar-refractivity contribution is 7.88. The van der Waals surface area contributed by atoms with Crippen molar-refractivity contribution in [3.63, 3.8) is 0 Å². The molecule has 1 aliphatic rings. The smallest absolute Gasteiger partial charge is 0.209 e. The Bertz CT molecular complexity index is 562. The molecule has 2 rings (SSSR count). The molecular weight excluding hydrogens is 296 g/mol. The summed E-state index contributed by atoms with van der Waals surface area (Å²) in [5, 5.41) is 10.4. The molecule has 0 unspecified atom stereocenters. The molecule has 0 radical (unpaired) electrons. The molecule has 8 heteroatoms. The summed E-state index contributed by atoms with van der Waals surface area (Å²) >= 11 is 1.59. The third-order valence-corrected chi connectivity index (χ3v) is 5.30. The van der Waals surface area contributed by atoms with Crippen LogP contribution in [0.2, 0.25) is 0 Å². The third-order valence-electron chi connectivity index (χ3n) is 3.13. The molecular formula is C12H22N4O2S2. The number of hydrogen-bond donors (Lipinski definition) is 1. The van der Waals surface area contributed by atoms with Crippen LogP contribution in [0.5, 0.6) is 0 Å². The Labute approximate surface area is 124 Å². The van der Waals surface area contributed by atoms with Crippen LogP contribution in [0.15, 0.2) is 0 Å². The fourth-order valence-electron chi connectivity index (χ4n) is 2.20. The summed E-state index contributed by atoms with van der Waals surface area (Å²) in [5.74, 6) is 0. The second-order valence-electron chi connectivity index (χ2n) is 6.31. The van der Waals surface area contributed by atoms with Gasteiger partial charge in [-0.25, -0.2) is 13.1 Å². The number of piperidine rings is 1. The molecule has 1 fully saturated rings. The minimum absolute atomic E-state index is 0.00386. The zero-order valence-electron chi connectivity index (χ0n) is 12.4. The van der Waals surface area contributed by atoms with Crippen LogP contribution in [-0.4, -0.2) is 44.0 Å². The van der Waals surface area contributed by atoms with Crippen molar-refractivity contribution < 1.29 is 8.42 Å². The predicted octanol–water partition coefficient (Wildman–Crippen LogP) is 1.35. The van der Waals surface area contributed by atoms with E-state index in [2.05, 4.69) is 40.6 Å². The Kier molecular flexibility index (Phi) is 4.36. The zero-order valence-corrected chi connectivity index (χ0v) is 14.0. The quantitative estimate of drug-likeness (QED) is 0.910. The van der Waals surface area contributed by atoms with E-state index in [1.54, 1.807) is 11.3 Å². The Morgan fingerprint density at radius 3 is 2.60 bits per heavy atom. The summed E-state index contributed by atoms with van der Waals surface area (Å²) in [4.78, 5) is 2.12. The maximum absolute atomic E-state index is 11.3. The number of hydrogen-bond acceptors (Lipinski definition) is 6. The van der Waals surface area contributed by atoms with E-state index in [9.17, 15) is 8.42 Å². The van der Waals surface area contributed by atoms with Gasteiger partial charge in [-0.3, -0.25) is 0 Å². The van der Waals surface area contributed by atoms with Crippen molar-refractivity contribution in [1.82, 2.24) is 14.9 Å². The van der Waals surface area contributed by atoms with E-state index in [4.69, 9.17) is 0 Å². The van der Waals surface area contributed by atoms with E-state index < -0.39 is 10.0 Å². The van der Waals surface area contributed by atoms with Crippen molar-refractivity contribution in [1.29, 1.82) is 0 Å². The second-order valence-corrected chi connectivity index (χ2v) is 9.05. The van der Waals surface area contributed by atoms with E-state index in [0.717, 1.165) is 29.5 Å². The van der Waals surface area contributed by atoms with Gasteiger partial charge >= 0.3 is 0 Å². The van der Waals surface area contributed by atoms with Crippen molar-refractivity contribution in [2.24, 2.45) is 0 Å². The summed E-state index contributed by atoms with van der Waals surface area (Å²) in [6.07, 6.45) is 3.03. The van der Waals surface area contributed by atoms with Gasteiger partial charge in [-0.05, 0) is 12.8 Å². The van der Waals surface area contributed by atoms with Crippen LogP contribution in [-0.2, 0) is 15.4 Å². The topological polar surface area (TPSA) is 75.2 Å².